The molecule has 0 spiro atoms. The van der Waals surface area contributed by atoms with E-state index in [4.69, 9.17) is 10.5 Å². The number of carbonyl (C=O) groups excluding carboxylic acids is 1. The van der Waals surface area contributed by atoms with Crippen molar-refractivity contribution in [2.45, 2.75) is 19.8 Å². The molecule has 1 rings (SSSR count). The van der Waals surface area contributed by atoms with Crippen LogP contribution in [-0.2, 0) is 4.79 Å². The number of halogens is 1. The molecule has 1 aromatic carbocycles. The van der Waals surface area contributed by atoms with Crippen LogP contribution in [0.5, 0.6) is 5.75 Å². The Labute approximate surface area is 119 Å². The minimum absolute atomic E-state index is 0.0528. The summed E-state index contributed by atoms with van der Waals surface area (Å²) in [5.41, 5.74) is 5.62. The molecule has 1 unspecified atom stereocenters. The summed E-state index contributed by atoms with van der Waals surface area (Å²) in [5, 5.41) is 0. The van der Waals surface area contributed by atoms with Crippen LogP contribution in [-0.4, -0.2) is 37.6 Å². The number of nitrogens with two attached hydrogens (primary N) is 1. The largest absolute Gasteiger partial charge is 0.492 e. The Morgan fingerprint density at radius 2 is 2.05 bits per heavy atom. The zero-order valence-electron chi connectivity index (χ0n) is 12.1. The quantitative estimate of drug-likeness (QED) is 0.794. The molecule has 0 saturated carbocycles. The Morgan fingerprint density at radius 3 is 2.60 bits per heavy atom. The monoisotopic (exact) mass is 282 g/mol. The molecule has 0 bridgehead atoms. The van der Waals surface area contributed by atoms with E-state index in [0.717, 1.165) is 12.8 Å². The molecule has 0 heterocycles. The van der Waals surface area contributed by atoms with Crippen molar-refractivity contribution in [2.24, 2.45) is 11.7 Å². The van der Waals surface area contributed by atoms with E-state index in [1.165, 1.54) is 12.1 Å². The molecule has 5 heteroatoms. The van der Waals surface area contributed by atoms with E-state index in [1.54, 1.807) is 24.1 Å². The number of hydrogen-bond donors (Lipinski definition) is 1. The molecule has 0 fully saturated rings. The average Bonchev–Trinajstić information content (AvgIpc) is 2.46. The van der Waals surface area contributed by atoms with Crippen molar-refractivity contribution in [1.29, 1.82) is 0 Å². The Hall–Kier alpha value is -1.62. The number of carbonyl (C=O) groups is 1. The summed E-state index contributed by atoms with van der Waals surface area (Å²) in [4.78, 5) is 13.7. The molecule has 0 aliphatic heterocycles. The van der Waals surface area contributed by atoms with Crippen molar-refractivity contribution in [3.63, 3.8) is 0 Å². The van der Waals surface area contributed by atoms with E-state index in [-0.39, 0.29) is 17.6 Å². The third-order valence-corrected chi connectivity index (χ3v) is 3.16. The lowest BCUT2D eigenvalue weighted by Crippen LogP contribution is -2.38. The topological polar surface area (TPSA) is 55.6 Å². The Kier molecular flexibility index (Phi) is 7.01. The molecule has 2 N–H and O–H groups in total. The first-order valence-electron chi connectivity index (χ1n) is 6.91. The molecule has 1 atom stereocenters. The van der Waals surface area contributed by atoms with E-state index in [0.29, 0.717) is 25.4 Å². The maximum atomic E-state index is 12.7. The lowest BCUT2D eigenvalue weighted by molar-refractivity contribution is -0.134. The number of nitrogens with zero attached hydrogens (tertiary/aromatic N) is 1. The Bertz CT molecular complexity index is 409. The molecule has 0 aliphatic rings. The summed E-state index contributed by atoms with van der Waals surface area (Å²) in [6.45, 7) is 3.26. The molecule has 0 aromatic heterocycles. The van der Waals surface area contributed by atoms with Crippen LogP contribution in [0.4, 0.5) is 4.39 Å². The Balaban J connectivity index is 2.36. The van der Waals surface area contributed by atoms with Gasteiger partial charge >= 0.3 is 0 Å². The number of rotatable bonds is 8. The highest BCUT2D eigenvalue weighted by molar-refractivity contribution is 5.78. The van der Waals surface area contributed by atoms with Crippen molar-refractivity contribution in [3.05, 3.63) is 30.1 Å². The highest BCUT2D eigenvalue weighted by Crippen LogP contribution is 2.11. The van der Waals surface area contributed by atoms with Gasteiger partial charge in [-0.3, -0.25) is 4.79 Å². The van der Waals surface area contributed by atoms with E-state index < -0.39 is 0 Å². The van der Waals surface area contributed by atoms with Crippen molar-refractivity contribution < 1.29 is 13.9 Å². The fourth-order valence-electron chi connectivity index (χ4n) is 1.94. The van der Waals surface area contributed by atoms with Gasteiger partial charge in [0.1, 0.15) is 18.2 Å². The van der Waals surface area contributed by atoms with Crippen LogP contribution >= 0.6 is 0 Å². The predicted molar refractivity (Wildman–Crippen MR) is 77.0 cm³/mol. The average molecular weight is 282 g/mol. The second-order valence-electron chi connectivity index (χ2n) is 4.78. The van der Waals surface area contributed by atoms with Crippen molar-refractivity contribution in [1.82, 2.24) is 4.90 Å². The fourth-order valence-corrected chi connectivity index (χ4v) is 1.94. The normalized spacial score (nSPS) is 12.0. The molecule has 112 valence electrons. The van der Waals surface area contributed by atoms with Crippen LogP contribution in [0.1, 0.15) is 19.8 Å². The van der Waals surface area contributed by atoms with E-state index in [1.807, 2.05) is 6.92 Å². The van der Waals surface area contributed by atoms with Gasteiger partial charge in [0.05, 0.1) is 12.5 Å². The SMILES string of the molecule is CCCC(CN)C(=O)N(C)CCOc1ccc(F)cc1. The molecule has 20 heavy (non-hydrogen) atoms. The van der Waals surface area contributed by atoms with Gasteiger partial charge in [0.2, 0.25) is 5.91 Å². The lowest BCUT2D eigenvalue weighted by atomic mass is 10.0. The van der Waals surface area contributed by atoms with E-state index in [9.17, 15) is 9.18 Å². The summed E-state index contributed by atoms with van der Waals surface area (Å²) >= 11 is 0. The van der Waals surface area contributed by atoms with Gasteiger partial charge in [0.15, 0.2) is 0 Å². The zero-order chi connectivity index (χ0) is 15.0. The third-order valence-electron chi connectivity index (χ3n) is 3.16. The summed E-state index contributed by atoms with van der Waals surface area (Å²) in [6, 6.07) is 5.82. The van der Waals surface area contributed by atoms with Gasteiger partial charge in [-0.25, -0.2) is 4.39 Å². The smallest absolute Gasteiger partial charge is 0.226 e. The van der Waals surface area contributed by atoms with Crippen LogP contribution in [0.2, 0.25) is 0 Å². The van der Waals surface area contributed by atoms with Gasteiger partial charge < -0.3 is 15.4 Å². The van der Waals surface area contributed by atoms with Crippen molar-refractivity contribution in [2.75, 3.05) is 26.7 Å². The maximum Gasteiger partial charge on any atom is 0.226 e. The third kappa shape index (κ3) is 5.17. The second-order valence-corrected chi connectivity index (χ2v) is 4.78. The first-order chi connectivity index (χ1) is 9.58. The fraction of sp³-hybridized carbons (Fsp3) is 0.533. The minimum Gasteiger partial charge on any atom is -0.492 e. The number of hydrogen-bond acceptors (Lipinski definition) is 3. The molecular weight excluding hydrogens is 259 g/mol. The maximum absolute atomic E-state index is 12.7. The van der Waals surface area contributed by atoms with Gasteiger partial charge in [0, 0.05) is 13.6 Å². The highest BCUT2D eigenvalue weighted by Gasteiger charge is 2.19. The van der Waals surface area contributed by atoms with Crippen LogP contribution in [0.3, 0.4) is 0 Å². The first-order valence-corrected chi connectivity index (χ1v) is 6.91. The molecule has 0 radical (unpaired) electrons. The van der Waals surface area contributed by atoms with Crippen LogP contribution in [0, 0.1) is 11.7 Å². The zero-order valence-corrected chi connectivity index (χ0v) is 12.1. The molecule has 1 amide bonds. The summed E-state index contributed by atoms with van der Waals surface area (Å²) in [7, 11) is 1.74. The van der Waals surface area contributed by atoms with Gasteiger partial charge in [-0.2, -0.15) is 0 Å². The van der Waals surface area contributed by atoms with Gasteiger partial charge in [-0.1, -0.05) is 13.3 Å². The first kappa shape index (κ1) is 16.4. The number of benzene rings is 1. The number of amides is 1. The van der Waals surface area contributed by atoms with Crippen LogP contribution in [0.15, 0.2) is 24.3 Å². The van der Waals surface area contributed by atoms with E-state index >= 15 is 0 Å². The number of ether oxygens (including phenoxy) is 1. The van der Waals surface area contributed by atoms with Gasteiger partial charge in [-0.15, -0.1) is 0 Å². The summed E-state index contributed by atoms with van der Waals surface area (Å²) in [6.07, 6.45) is 1.74. The van der Waals surface area contributed by atoms with Crippen LogP contribution in [0.25, 0.3) is 0 Å². The van der Waals surface area contributed by atoms with Crippen LogP contribution < -0.4 is 10.5 Å². The predicted octanol–water partition coefficient (Wildman–Crippen LogP) is 2.04. The number of likely N-dealkylation sites (N-methyl/N-ethyl adjacent to an activating group) is 1. The second kappa shape index (κ2) is 8.53. The van der Waals surface area contributed by atoms with E-state index in [2.05, 4.69) is 0 Å². The summed E-state index contributed by atoms with van der Waals surface area (Å²) in [5.74, 6) is 0.235. The van der Waals surface area contributed by atoms with Gasteiger partial charge in [-0.05, 0) is 30.7 Å². The van der Waals surface area contributed by atoms with Gasteiger partial charge in [0.25, 0.3) is 0 Å². The molecule has 4 nitrogen and oxygen atoms in total. The Morgan fingerprint density at radius 1 is 1.40 bits per heavy atom. The minimum atomic E-state index is -0.296. The van der Waals surface area contributed by atoms with Crippen molar-refractivity contribution in [3.8, 4) is 5.75 Å². The highest BCUT2D eigenvalue weighted by atomic mass is 19.1. The van der Waals surface area contributed by atoms with Crippen molar-refractivity contribution >= 4 is 5.91 Å². The standard InChI is InChI=1S/C15H23FN2O2/c1-3-4-12(11-17)15(19)18(2)9-10-20-14-7-5-13(16)6-8-14/h5-8,12H,3-4,9-11,17H2,1-2H3. The molecule has 1 aromatic rings. The molecule has 0 saturated heterocycles. The molecular formula is C15H23FN2O2. The molecule has 0 aliphatic carbocycles. The summed E-state index contributed by atoms with van der Waals surface area (Å²) < 4.78 is 18.2. The lowest BCUT2D eigenvalue weighted by Gasteiger charge is -2.22.